The first-order valence-electron chi connectivity index (χ1n) is 26.5. The van der Waals surface area contributed by atoms with Crippen molar-refractivity contribution in [2.45, 2.75) is 307 Å². The normalized spacial score (nSPS) is 15.0. The molecule has 0 aliphatic carbocycles. The van der Waals surface area contributed by atoms with Crippen LogP contribution in [-0.4, -0.2) is 0 Å². The molecular formula is C55H112. The van der Waals surface area contributed by atoms with E-state index in [1.54, 1.807) is 0 Å². The molecule has 0 heteroatoms. The van der Waals surface area contributed by atoms with E-state index >= 15 is 0 Å². The Morgan fingerprint density at radius 2 is 0.418 bits per heavy atom. The summed E-state index contributed by atoms with van der Waals surface area (Å²) in [6, 6.07) is 0. The highest BCUT2D eigenvalue weighted by molar-refractivity contribution is 4.70. The van der Waals surface area contributed by atoms with E-state index in [9.17, 15) is 0 Å². The Balaban J connectivity index is 3.65. The van der Waals surface area contributed by atoms with E-state index in [1.807, 2.05) is 0 Å². The molecule has 0 amide bonds. The number of unbranched alkanes of at least 4 members (excludes halogenated alkanes) is 22. The van der Waals surface area contributed by atoms with Gasteiger partial charge in [-0.1, -0.05) is 294 Å². The SMILES string of the molecule is CC(C)CCCCCCCCCCCCCCC(C)CC(CCC(C)CCCCCCCCC(C)CCCCCCC(C)CCCCCCC(C)C)C(C)C. The maximum Gasteiger partial charge on any atom is -0.0388 e. The van der Waals surface area contributed by atoms with Crippen molar-refractivity contribution in [2.24, 2.45) is 47.3 Å². The summed E-state index contributed by atoms with van der Waals surface area (Å²) >= 11 is 0. The van der Waals surface area contributed by atoms with Gasteiger partial charge in [0, 0.05) is 0 Å². The van der Waals surface area contributed by atoms with E-state index in [1.165, 1.54) is 238 Å². The minimum Gasteiger partial charge on any atom is -0.0628 e. The second-order valence-corrected chi connectivity index (χ2v) is 21.5. The fraction of sp³-hybridized carbons (Fsp3) is 1.00. The summed E-state index contributed by atoms with van der Waals surface area (Å²) in [5, 5.41) is 0. The predicted octanol–water partition coefficient (Wildman–Crippen LogP) is 20.5. The average Bonchev–Trinajstić information content (AvgIpc) is 3.13. The highest BCUT2D eigenvalue weighted by atomic mass is 14.2. The van der Waals surface area contributed by atoms with Crippen LogP contribution in [-0.2, 0) is 0 Å². The Morgan fingerprint density at radius 3 is 0.673 bits per heavy atom. The van der Waals surface area contributed by atoms with Crippen molar-refractivity contribution in [1.29, 1.82) is 0 Å². The largest absolute Gasteiger partial charge is 0.0628 e. The Bertz CT molecular complexity index is 718. The minimum atomic E-state index is 0.847. The molecule has 0 nitrogen and oxygen atoms in total. The molecule has 0 aromatic heterocycles. The summed E-state index contributed by atoms with van der Waals surface area (Å²) in [5.74, 6) is 7.29. The van der Waals surface area contributed by atoms with Gasteiger partial charge in [0.25, 0.3) is 0 Å². The molecule has 0 aliphatic rings. The molecule has 332 valence electrons. The lowest BCUT2D eigenvalue weighted by Gasteiger charge is -2.26. The van der Waals surface area contributed by atoms with Crippen LogP contribution < -0.4 is 0 Å². The lowest BCUT2D eigenvalue weighted by atomic mass is 9.80. The molecule has 55 heavy (non-hydrogen) atoms. The van der Waals surface area contributed by atoms with E-state index in [2.05, 4.69) is 69.2 Å². The van der Waals surface area contributed by atoms with Crippen LogP contribution in [0.15, 0.2) is 0 Å². The highest BCUT2D eigenvalue weighted by Gasteiger charge is 2.18. The quantitative estimate of drug-likeness (QED) is 0.0541. The summed E-state index contributed by atoms with van der Waals surface area (Å²) < 4.78 is 0. The first kappa shape index (κ1) is 55.0. The van der Waals surface area contributed by atoms with Crippen molar-refractivity contribution in [3.05, 3.63) is 0 Å². The van der Waals surface area contributed by atoms with Crippen molar-refractivity contribution in [2.75, 3.05) is 0 Å². The molecule has 0 bridgehead atoms. The topological polar surface area (TPSA) is 0 Å². The van der Waals surface area contributed by atoms with Gasteiger partial charge >= 0.3 is 0 Å². The van der Waals surface area contributed by atoms with E-state index < -0.39 is 0 Å². The summed E-state index contributed by atoms with van der Waals surface area (Å²) in [5.41, 5.74) is 0. The highest BCUT2D eigenvalue weighted by Crippen LogP contribution is 2.30. The molecule has 5 atom stereocenters. The van der Waals surface area contributed by atoms with Crippen molar-refractivity contribution in [1.82, 2.24) is 0 Å². The van der Waals surface area contributed by atoms with Gasteiger partial charge in [-0.25, -0.2) is 0 Å². The molecule has 0 rings (SSSR count). The first-order valence-corrected chi connectivity index (χ1v) is 26.5. The summed E-state index contributed by atoms with van der Waals surface area (Å²) in [6.07, 6.45) is 54.3. The van der Waals surface area contributed by atoms with Gasteiger partial charge in [0.15, 0.2) is 0 Å². The van der Waals surface area contributed by atoms with E-state index in [0.717, 1.165) is 47.3 Å². The van der Waals surface area contributed by atoms with Crippen LogP contribution in [0.3, 0.4) is 0 Å². The zero-order chi connectivity index (χ0) is 40.8. The van der Waals surface area contributed by atoms with Crippen LogP contribution in [0.4, 0.5) is 0 Å². The molecule has 0 aromatic carbocycles. The third-order valence-corrected chi connectivity index (χ3v) is 13.9. The lowest BCUT2D eigenvalue weighted by molar-refractivity contribution is 0.257. The number of rotatable bonds is 44. The van der Waals surface area contributed by atoms with E-state index in [-0.39, 0.29) is 0 Å². The zero-order valence-electron chi connectivity index (χ0n) is 40.8. The lowest BCUT2D eigenvalue weighted by Crippen LogP contribution is -2.14. The fourth-order valence-corrected chi connectivity index (χ4v) is 9.53. The molecular weight excluding hydrogens is 661 g/mol. The molecule has 0 radical (unpaired) electrons. The van der Waals surface area contributed by atoms with Gasteiger partial charge in [-0.15, -0.1) is 0 Å². The standard InChI is InChI=1S/C55H112/c1-48(2)37-29-21-17-15-13-11-12-14-16-18-24-36-44-54(10)47-55(50(5)6)46-45-53(9)43-32-23-20-19-22-31-39-51(7)41-34-27-28-35-42-52(8)40-33-26-25-30-38-49(3)4/h48-55H,11-47H2,1-10H3. The molecule has 0 spiro atoms. The van der Waals surface area contributed by atoms with Crippen molar-refractivity contribution in [3.63, 3.8) is 0 Å². The molecule has 0 fully saturated rings. The second kappa shape index (κ2) is 40.8. The van der Waals surface area contributed by atoms with Crippen LogP contribution in [0.5, 0.6) is 0 Å². The Labute approximate surface area is 352 Å². The number of hydrogen-bond donors (Lipinski definition) is 0. The van der Waals surface area contributed by atoms with Crippen molar-refractivity contribution < 1.29 is 0 Å². The molecule has 0 saturated heterocycles. The zero-order valence-corrected chi connectivity index (χ0v) is 40.8. The third-order valence-electron chi connectivity index (χ3n) is 13.9. The predicted molar refractivity (Wildman–Crippen MR) is 255 cm³/mol. The monoisotopic (exact) mass is 773 g/mol. The molecule has 0 aliphatic heterocycles. The Kier molecular flexibility index (Phi) is 40.8. The summed E-state index contributed by atoms with van der Waals surface area (Å²) in [6.45, 7) is 24.6. The first-order chi connectivity index (χ1) is 26.5. The van der Waals surface area contributed by atoms with Crippen LogP contribution in [0.25, 0.3) is 0 Å². The van der Waals surface area contributed by atoms with E-state index in [0.29, 0.717) is 0 Å². The molecule has 5 unspecified atom stereocenters. The van der Waals surface area contributed by atoms with Gasteiger partial charge in [0.1, 0.15) is 0 Å². The van der Waals surface area contributed by atoms with Gasteiger partial charge in [-0.3, -0.25) is 0 Å². The van der Waals surface area contributed by atoms with Crippen LogP contribution in [0.1, 0.15) is 307 Å². The minimum absolute atomic E-state index is 0.847. The maximum atomic E-state index is 2.56. The van der Waals surface area contributed by atoms with Crippen LogP contribution in [0, 0.1) is 47.3 Å². The molecule has 0 heterocycles. The smallest absolute Gasteiger partial charge is 0.0388 e. The van der Waals surface area contributed by atoms with Crippen molar-refractivity contribution >= 4 is 0 Å². The van der Waals surface area contributed by atoms with Gasteiger partial charge in [-0.05, 0) is 60.2 Å². The third kappa shape index (κ3) is 41.9. The van der Waals surface area contributed by atoms with E-state index in [4.69, 9.17) is 0 Å². The Hall–Kier alpha value is 0. The Morgan fingerprint density at radius 1 is 0.200 bits per heavy atom. The van der Waals surface area contributed by atoms with Crippen molar-refractivity contribution in [3.8, 4) is 0 Å². The second-order valence-electron chi connectivity index (χ2n) is 21.5. The van der Waals surface area contributed by atoms with Crippen LogP contribution in [0.2, 0.25) is 0 Å². The van der Waals surface area contributed by atoms with Crippen LogP contribution >= 0.6 is 0 Å². The van der Waals surface area contributed by atoms with Gasteiger partial charge in [0.05, 0.1) is 0 Å². The average molecular weight is 774 g/mol. The molecule has 0 N–H and O–H groups in total. The summed E-state index contributed by atoms with van der Waals surface area (Å²) in [7, 11) is 0. The van der Waals surface area contributed by atoms with Gasteiger partial charge in [0.2, 0.25) is 0 Å². The van der Waals surface area contributed by atoms with Gasteiger partial charge < -0.3 is 0 Å². The molecule has 0 saturated carbocycles. The number of hydrogen-bond acceptors (Lipinski definition) is 0. The molecule has 0 aromatic rings. The van der Waals surface area contributed by atoms with Gasteiger partial charge in [-0.2, -0.15) is 0 Å². The maximum absolute atomic E-state index is 2.56. The summed E-state index contributed by atoms with van der Waals surface area (Å²) in [4.78, 5) is 0. The fourth-order valence-electron chi connectivity index (χ4n) is 9.53.